The molecular weight excluding hydrogens is 370 g/mol. The Morgan fingerprint density at radius 1 is 1.00 bits per heavy atom. The molecule has 2 aromatic rings. The molecule has 0 spiro atoms. The average molecular weight is 396 g/mol. The fourth-order valence-electron chi connectivity index (χ4n) is 3.31. The van der Waals surface area contributed by atoms with E-state index >= 15 is 0 Å². The van der Waals surface area contributed by atoms with Crippen molar-refractivity contribution in [2.45, 2.75) is 34.1 Å². The molecule has 1 aliphatic rings. The molecule has 0 fully saturated rings. The minimum Gasteiger partial charge on any atom is -0.491 e. The van der Waals surface area contributed by atoms with E-state index in [1.54, 1.807) is 12.1 Å². The highest BCUT2D eigenvalue weighted by molar-refractivity contribution is 8.04. The monoisotopic (exact) mass is 395 g/mol. The number of nitrogens with zero attached hydrogens (tertiary/aromatic N) is 1. The van der Waals surface area contributed by atoms with Crippen molar-refractivity contribution in [2.24, 2.45) is 0 Å². The van der Waals surface area contributed by atoms with Crippen LogP contribution in [0.1, 0.15) is 37.0 Å². The van der Waals surface area contributed by atoms with E-state index in [2.05, 4.69) is 0 Å². The number of amides is 2. The number of rotatable bonds is 7. The number of imide groups is 1. The second-order valence-corrected chi connectivity index (χ2v) is 7.99. The average Bonchev–Trinajstić information content (AvgIpc) is 2.91. The lowest BCUT2D eigenvalue weighted by Gasteiger charge is -2.19. The predicted molar refractivity (Wildman–Crippen MR) is 116 cm³/mol. The van der Waals surface area contributed by atoms with Crippen LogP contribution in [0.15, 0.2) is 47.4 Å². The molecule has 28 heavy (non-hydrogen) atoms. The lowest BCUT2D eigenvalue weighted by atomic mass is 9.99. The highest BCUT2D eigenvalue weighted by Gasteiger charge is 2.41. The van der Waals surface area contributed by atoms with Gasteiger partial charge in [0.15, 0.2) is 0 Å². The number of carbonyl (C=O) groups is 2. The Labute approximate surface area is 170 Å². The van der Waals surface area contributed by atoms with Crippen LogP contribution in [0.4, 0.5) is 5.69 Å². The van der Waals surface area contributed by atoms with Crippen LogP contribution >= 0.6 is 11.8 Å². The minimum absolute atomic E-state index is 0.278. The van der Waals surface area contributed by atoms with E-state index in [4.69, 9.17) is 4.74 Å². The predicted octanol–water partition coefficient (Wildman–Crippen LogP) is 5.13. The van der Waals surface area contributed by atoms with Crippen molar-refractivity contribution >= 4 is 34.8 Å². The Morgan fingerprint density at radius 3 is 2.43 bits per heavy atom. The number of aryl methyl sites for hydroxylation is 2. The van der Waals surface area contributed by atoms with Crippen molar-refractivity contribution < 1.29 is 14.3 Å². The van der Waals surface area contributed by atoms with Crippen molar-refractivity contribution in [1.29, 1.82) is 0 Å². The van der Waals surface area contributed by atoms with Crippen LogP contribution in [0.25, 0.3) is 5.57 Å². The number of benzene rings is 2. The fraction of sp³-hybridized carbons (Fsp3) is 0.304. The van der Waals surface area contributed by atoms with Crippen molar-refractivity contribution in [3.63, 3.8) is 0 Å². The van der Waals surface area contributed by atoms with Crippen LogP contribution in [-0.4, -0.2) is 24.2 Å². The highest BCUT2D eigenvalue weighted by Crippen LogP contribution is 2.41. The van der Waals surface area contributed by atoms with Crippen LogP contribution in [-0.2, 0) is 9.59 Å². The van der Waals surface area contributed by atoms with Crippen LogP contribution in [0, 0.1) is 13.8 Å². The summed E-state index contributed by atoms with van der Waals surface area (Å²) in [5, 5.41) is 0. The molecule has 0 unspecified atom stereocenters. The molecule has 0 saturated heterocycles. The summed E-state index contributed by atoms with van der Waals surface area (Å²) in [5.41, 5.74) is 3.91. The van der Waals surface area contributed by atoms with Gasteiger partial charge in [0.2, 0.25) is 0 Å². The zero-order chi connectivity index (χ0) is 20.3. The first-order valence-corrected chi connectivity index (χ1v) is 10.5. The van der Waals surface area contributed by atoms with E-state index in [0.717, 1.165) is 23.1 Å². The third-order valence-electron chi connectivity index (χ3n) is 4.55. The van der Waals surface area contributed by atoms with E-state index in [1.165, 1.54) is 16.7 Å². The van der Waals surface area contributed by atoms with Crippen LogP contribution in [0.2, 0.25) is 0 Å². The summed E-state index contributed by atoms with van der Waals surface area (Å²) in [7, 11) is 0. The first kappa shape index (κ1) is 20.2. The van der Waals surface area contributed by atoms with E-state index in [1.807, 2.05) is 58.0 Å². The van der Waals surface area contributed by atoms with E-state index in [-0.39, 0.29) is 11.8 Å². The zero-order valence-corrected chi connectivity index (χ0v) is 17.6. The van der Waals surface area contributed by atoms with Crippen LogP contribution < -0.4 is 9.64 Å². The molecule has 0 aliphatic carbocycles. The smallest absolute Gasteiger partial charge is 0.272 e. The molecule has 2 amide bonds. The third kappa shape index (κ3) is 3.72. The molecule has 0 atom stereocenters. The lowest BCUT2D eigenvalue weighted by molar-refractivity contribution is -0.119. The highest BCUT2D eigenvalue weighted by atomic mass is 32.2. The number of anilines is 1. The molecule has 3 rings (SSSR count). The Hall–Kier alpha value is -2.53. The third-order valence-corrected chi connectivity index (χ3v) is 5.51. The standard InChI is InChI=1S/C23H25NO3S/c1-5-13-27-19-10-8-7-9-18(19)24-22(25)20(21(23(24)26)28-6-2)17-12-11-15(3)14-16(17)4/h7-12,14H,5-6,13H2,1-4H3. The van der Waals surface area contributed by atoms with Crippen molar-refractivity contribution in [3.8, 4) is 5.75 Å². The van der Waals surface area contributed by atoms with Crippen LogP contribution in [0.3, 0.4) is 0 Å². The maximum absolute atomic E-state index is 13.4. The first-order valence-electron chi connectivity index (χ1n) is 9.54. The molecule has 2 aromatic carbocycles. The number of hydrogen-bond acceptors (Lipinski definition) is 4. The SMILES string of the molecule is CCCOc1ccccc1N1C(=O)C(SCC)=C(c2ccc(C)cc2C)C1=O. The molecule has 0 N–H and O–H groups in total. The molecule has 4 nitrogen and oxygen atoms in total. The maximum Gasteiger partial charge on any atom is 0.272 e. The van der Waals surface area contributed by atoms with Gasteiger partial charge in [0, 0.05) is 0 Å². The summed E-state index contributed by atoms with van der Waals surface area (Å²) >= 11 is 1.42. The van der Waals surface area contributed by atoms with Gasteiger partial charge in [-0.05, 0) is 49.3 Å². The van der Waals surface area contributed by atoms with Gasteiger partial charge in [-0.1, -0.05) is 49.7 Å². The van der Waals surface area contributed by atoms with Gasteiger partial charge in [-0.2, -0.15) is 0 Å². The molecule has 0 bridgehead atoms. The molecule has 1 aliphatic heterocycles. The van der Waals surface area contributed by atoms with E-state index < -0.39 is 0 Å². The summed E-state index contributed by atoms with van der Waals surface area (Å²) in [6.07, 6.45) is 0.846. The van der Waals surface area contributed by atoms with Crippen molar-refractivity contribution in [1.82, 2.24) is 0 Å². The Bertz CT molecular complexity index is 949. The maximum atomic E-state index is 13.4. The number of para-hydroxylation sites is 2. The molecule has 0 aromatic heterocycles. The van der Waals surface area contributed by atoms with Gasteiger partial charge in [0.05, 0.1) is 22.8 Å². The van der Waals surface area contributed by atoms with Gasteiger partial charge >= 0.3 is 0 Å². The van der Waals surface area contributed by atoms with Crippen LogP contribution in [0.5, 0.6) is 5.75 Å². The summed E-state index contributed by atoms with van der Waals surface area (Å²) < 4.78 is 5.80. The van der Waals surface area contributed by atoms with Crippen molar-refractivity contribution in [3.05, 3.63) is 64.1 Å². The van der Waals surface area contributed by atoms with Gasteiger partial charge in [0.1, 0.15) is 5.75 Å². The number of hydrogen-bond donors (Lipinski definition) is 0. The minimum atomic E-state index is -0.291. The lowest BCUT2D eigenvalue weighted by Crippen LogP contribution is -2.31. The summed E-state index contributed by atoms with van der Waals surface area (Å²) in [6, 6.07) is 13.2. The van der Waals surface area contributed by atoms with Crippen molar-refractivity contribution in [2.75, 3.05) is 17.3 Å². The number of ether oxygens (including phenoxy) is 1. The summed E-state index contributed by atoms with van der Waals surface area (Å²) in [4.78, 5) is 28.5. The van der Waals surface area contributed by atoms with Gasteiger partial charge in [-0.3, -0.25) is 9.59 Å². The number of carbonyl (C=O) groups excluding carboxylic acids is 2. The zero-order valence-electron chi connectivity index (χ0n) is 16.7. The van der Waals surface area contributed by atoms with E-state index in [0.29, 0.717) is 34.3 Å². The molecule has 0 radical (unpaired) electrons. The largest absolute Gasteiger partial charge is 0.491 e. The number of thioether (sulfide) groups is 1. The molecular formula is C23H25NO3S. The molecule has 146 valence electrons. The molecule has 1 heterocycles. The molecule has 0 saturated carbocycles. The Balaban J connectivity index is 2.10. The molecule has 5 heteroatoms. The normalized spacial score (nSPS) is 14.2. The topological polar surface area (TPSA) is 46.6 Å². The Kier molecular flexibility index (Phi) is 6.25. The second kappa shape index (κ2) is 8.65. The van der Waals surface area contributed by atoms with Gasteiger partial charge in [-0.15, -0.1) is 11.8 Å². The van der Waals surface area contributed by atoms with Gasteiger partial charge < -0.3 is 4.74 Å². The summed E-state index contributed by atoms with van der Waals surface area (Å²) in [6.45, 7) is 8.52. The second-order valence-electron chi connectivity index (χ2n) is 6.72. The quantitative estimate of drug-likeness (QED) is 0.610. The first-order chi connectivity index (χ1) is 13.5. The fourth-order valence-corrected chi connectivity index (χ4v) is 4.16. The Morgan fingerprint density at radius 2 is 1.75 bits per heavy atom. The van der Waals surface area contributed by atoms with Gasteiger partial charge in [0.25, 0.3) is 11.8 Å². The van der Waals surface area contributed by atoms with E-state index in [9.17, 15) is 9.59 Å². The summed E-state index contributed by atoms with van der Waals surface area (Å²) in [5.74, 6) is 0.693. The van der Waals surface area contributed by atoms with Gasteiger partial charge in [-0.25, -0.2) is 4.90 Å².